The summed E-state index contributed by atoms with van der Waals surface area (Å²) >= 11 is 1.79. The Morgan fingerprint density at radius 1 is 1.04 bits per heavy atom. The molecule has 0 fully saturated rings. The highest BCUT2D eigenvalue weighted by Gasteiger charge is 2.19. The smallest absolute Gasteiger partial charge is 0.158 e. The number of anilines is 1. The molecule has 6 heteroatoms. The number of nitrogens with one attached hydrogen (secondary N) is 1. The van der Waals surface area contributed by atoms with Crippen molar-refractivity contribution in [1.82, 2.24) is 15.0 Å². The van der Waals surface area contributed by atoms with Crippen LogP contribution in [0.1, 0.15) is 28.8 Å². The molecule has 0 atom stereocenters. The number of hydrogen-bond acceptors (Lipinski definition) is 6. The second-order valence-electron chi connectivity index (χ2n) is 6.41. The average Bonchev–Trinajstić information content (AvgIpc) is 3.08. The first-order valence-corrected chi connectivity index (χ1v) is 9.60. The van der Waals surface area contributed by atoms with Crippen LogP contribution in [0.3, 0.4) is 0 Å². The Morgan fingerprint density at radius 2 is 1.96 bits per heavy atom. The van der Waals surface area contributed by atoms with E-state index in [0.29, 0.717) is 0 Å². The van der Waals surface area contributed by atoms with Crippen LogP contribution >= 0.6 is 11.3 Å². The quantitative estimate of drug-likeness (QED) is 0.430. The van der Waals surface area contributed by atoms with Crippen LogP contribution < -0.4 is 5.43 Å². The third-order valence-electron chi connectivity index (χ3n) is 4.79. The van der Waals surface area contributed by atoms with Gasteiger partial charge in [0.05, 0.1) is 17.1 Å². The van der Waals surface area contributed by atoms with E-state index < -0.39 is 0 Å². The molecule has 3 aromatic heterocycles. The number of para-hydroxylation sites is 1. The van der Waals surface area contributed by atoms with Gasteiger partial charge in [-0.2, -0.15) is 5.10 Å². The van der Waals surface area contributed by atoms with E-state index in [4.69, 9.17) is 0 Å². The van der Waals surface area contributed by atoms with Crippen LogP contribution in [-0.2, 0) is 12.8 Å². The van der Waals surface area contributed by atoms with Gasteiger partial charge in [0.15, 0.2) is 5.82 Å². The second-order valence-corrected chi connectivity index (χ2v) is 7.49. The van der Waals surface area contributed by atoms with Gasteiger partial charge in [-0.3, -0.25) is 10.4 Å². The number of hydrazone groups is 1. The van der Waals surface area contributed by atoms with Gasteiger partial charge in [0, 0.05) is 22.0 Å². The maximum Gasteiger partial charge on any atom is 0.158 e. The summed E-state index contributed by atoms with van der Waals surface area (Å²) in [6.45, 7) is 0. The Labute approximate surface area is 154 Å². The lowest BCUT2D eigenvalue weighted by Crippen LogP contribution is -2.01. The van der Waals surface area contributed by atoms with E-state index in [1.807, 2.05) is 24.4 Å². The molecule has 3 heterocycles. The van der Waals surface area contributed by atoms with Gasteiger partial charge in [-0.1, -0.05) is 24.3 Å². The molecule has 5 nitrogen and oxygen atoms in total. The predicted molar refractivity (Wildman–Crippen MR) is 107 cm³/mol. The van der Waals surface area contributed by atoms with Gasteiger partial charge < -0.3 is 0 Å². The maximum absolute atomic E-state index is 4.46. The fourth-order valence-electron chi connectivity index (χ4n) is 3.57. The molecule has 26 heavy (non-hydrogen) atoms. The van der Waals surface area contributed by atoms with Crippen molar-refractivity contribution in [2.24, 2.45) is 5.10 Å². The lowest BCUT2D eigenvalue weighted by molar-refractivity contribution is 0.700. The zero-order chi connectivity index (χ0) is 17.3. The SMILES string of the molecule is C(=N/Nc1ncnc2sc3c(c12)CCCC3)/c1cccc2cccnc12. The summed E-state index contributed by atoms with van der Waals surface area (Å²) in [5.74, 6) is 0.791. The summed E-state index contributed by atoms with van der Waals surface area (Å²) in [5, 5.41) is 6.68. The van der Waals surface area contributed by atoms with Crippen molar-refractivity contribution in [3.05, 3.63) is 58.9 Å². The number of rotatable bonds is 3. The van der Waals surface area contributed by atoms with Gasteiger partial charge in [0.2, 0.25) is 0 Å². The van der Waals surface area contributed by atoms with Gasteiger partial charge in [0.1, 0.15) is 11.2 Å². The van der Waals surface area contributed by atoms with E-state index in [0.717, 1.165) is 45.3 Å². The number of fused-ring (bicyclic) bond motifs is 4. The van der Waals surface area contributed by atoms with Crippen molar-refractivity contribution in [3.63, 3.8) is 0 Å². The zero-order valence-corrected chi connectivity index (χ0v) is 15.0. The first-order chi connectivity index (χ1) is 12.9. The summed E-state index contributed by atoms with van der Waals surface area (Å²) in [6, 6.07) is 10.1. The number of benzene rings is 1. The minimum absolute atomic E-state index is 0.791. The molecule has 1 aromatic carbocycles. The van der Waals surface area contributed by atoms with Crippen LogP contribution in [0.4, 0.5) is 5.82 Å². The number of aryl methyl sites for hydroxylation is 2. The van der Waals surface area contributed by atoms with Crippen molar-refractivity contribution in [1.29, 1.82) is 0 Å². The molecule has 1 aliphatic rings. The van der Waals surface area contributed by atoms with Gasteiger partial charge in [-0.15, -0.1) is 11.3 Å². The molecule has 1 N–H and O–H groups in total. The van der Waals surface area contributed by atoms with Gasteiger partial charge in [-0.25, -0.2) is 9.97 Å². The van der Waals surface area contributed by atoms with Crippen LogP contribution in [0.2, 0.25) is 0 Å². The monoisotopic (exact) mass is 359 g/mol. The summed E-state index contributed by atoms with van der Waals surface area (Å²) in [7, 11) is 0. The first-order valence-electron chi connectivity index (χ1n) is 8.78. The minimum Gasteiger partial charge on any atom is -0.261 e. The zero-order valence-electron chi connectivity index (χ0n) is 14.1. The molecule has 0 aliphatic heterocycles. The number of thiophene rings is 1. The summed E-state index contributed by atoms with van der Waals surface area (Å²) in [4.78, 5) is 15.9. The standard InChI is InChI=1S/C20H17N5S/c1-2-9-16-15(8-1)17-19(22-12-23-20(17)26-16)25-24-11-14-6-3-5-13-7-4-10-21-18(13)14/h3-7,10-12H,1-2,8-9H2,(H,22,23,25)/b24-11-. The highest BCUT2D eigenvalue weighted by Crippen LogP contribution is 2.38. The van der Waals surface area contributed by atoms with E-state index in [2.05, 4.69) is 37.6 Å². The normalized spacial score (nSPS) is 14.2. The fraction of sp³-hybridized carbons (Fsp3) is 0.200. The Morgan fingerprint density at radius 3 is 2.96 bits per heavy atom. The largest absolute Gasteiger partial charge is 0.261 e. The Kier molecular flexibility index (Phi) is 3.83. The predicted octanol–water partition coefficient (Wildman–Crippen LogP) is 4.56. The number of hydrogen-bond donors (Lipinski definition) is 1. The fourth-order valence-corrected chi connectivity index (χ4v) is 4.80. The van der Waals surface area contributed by atoms with Crippen LogP contribution in [0.5, 0.6) is 0 Å². The lowest BCUT2D eigenvalue weighted by Gasteiger charge is -2.11. The number of aromatic nitrogens is 3. The van der Waals surface area contributed by atoms with Crippen molar-refractivity contribution in [2.45, 2.75) is 25.7 Å². The molecule has 128 valence electrons. The lowest BCUT2D eigenvalue weighted by atomic mass is 9.97. The highest BCUT2D eigenvalue weighted by molar-refractivity contribution is 7.19. The van der Waals surface area contributed by atoms with Gasteiger partial charge in [-0.05, 0) is 37.3 Å². The molecule has 0 spiro atoms. The number of nitrogens with zero attached hydrogens (tertiary/aromatic N) is 4. The van der Waals surface area contributed by atoms with Crippen LogP contribution in [-0.4, -0.2) is 21.2 Å². The molecule has 0 saturated heterocycles. The third kappa shape index (κ3) is 2.63. The van der Waals surface area contributed by atoms with Crippen LogP contribution in [0.25, 0.3) is 21.1 Å². The Bertz CT molecular complexity index is 1130. The molecule has 0 unspecified atom stereocenters. The molecule has 0 bridgehead atoms. The van der Waals surface area contributed by atoms with Gasteiger partial charge in [0.25, 0.3) is 0 Å². The van der Waals surface area contributed by atoms with Crippen molar-refractivity contribution in [2.75, 3.05) is 5.43 Å². The maximum atomic E-state index is 4.46. The topological polar surface area (TPSA) is 63.1 Å². The minimum atomic E-state index is 0.791. The van der Waals surface area contributed by atoms with E-state index in [1.165, 1.54) is 23.3 Å². The van der Waals surface area contributed by atoms with Crippen molar-refractivity contribution in [3.8, 4) is 0 Å². The van der Waals surface area contributed by atoms with Crippen LogP contribution in [0.15, 0.2) is 48.0 Å². The van der Waals surface area contributed by atoms with E-state index in [1.54, 1.807) is 23.9 Å². The van der Waals surface area contributed by atoms with E-state index in [-0.39, 0.29) is 0 Å². The summed E-state index contributed by atoms with van der Waals surface area (Å²) in [5.41, 5.74) is 6.46. The van der Waals surface area contributed by atoms with Crippen molar-refractivity contribution < 1.29 is 0 Å². The molecule has 1 aliphatic carbocycles. The second kappa shape index (κ2) is 6.46. The van der Waals surface area contributed by atoms with Gasteiger partial charge >= 0.3 is 0 Å². The highest BCUT2D eigenvalue weighted by atomic mass is 32.1. The molecule has 4 aromatic rings. The molecule has 0 amide bonds. The first kappa shape index (κ1) is 15.4. The third-order valence-corrected chi connectivity index (χ3v) is 5.99. The van der Waals surface area contributed by atoms with E-state index >= 15 is 0 Å². The van der Waals surface area contributed by atoms with Crippen LogP contribution in [0, 0.1) is 0 Å². The Hall–Kier alpha value is -2.86. The van der Waals surface area contributed by atoms with Crippen molar-refractivity contribution >= 4 is 44.5 Å². The van der Waals surface area contributed by atoms with E-state index in [9.17, 15) is 0 Å². The number of pyridine rings is 1. The summed E-state index contributed by atoms with van der Waals surface area (Å²) in [6.07, 6.45) is 9.98. The molecule has 0 radical (unpaired) electrons. The average molecular weight is 359 g/mol. The Balaban J connectivity index is 1.50. The summed E-state index contributed by atoms with van der Waals surface area (Å²) < 4.78 is 0. The molecular formula is C20H17N5S. The molecular weight excluding hydrogens is 342 g/mol. The molecule has 0 saturated carbocycles. The molecule has 5 rings (SSSR count).